The van der Waals surface area contributed by atoms with Crippen molar-refractivity contribution in [3.05, 3.63) is 23.8 Å². The van der Waals surface area contributed by atoms with Crippen LogP contribution in [0.2, 0.25) is 0 Å². The smallest absolute Gasteiger partial charge is 0.258 e. The highest BCUT2D eigenvalue weighted by molar-refractivity contribution is 5.99. The van der Waals surface area contributed by atoms with Gasteiger partial charge in [0.15, 0.2) is 0 Å². The van der Waals surface area contributed by atoms with Crippen LogP contribution in [0.25, 0.3) is 0 Å². The second kappa shape index (κ2) is 5.97. The van der Waals surface area contributed by atoms with Crippen LogP contribution in [0.4, 0.5) is 0 Å². The summed E-state index contributed by atoms with van der Waals surface area (Å²) in [7, 11) is 1.83. The van der Waals surface area contributed by atoms with Crippen molar-refractivity contribution in [2.45, 2.75) is 6.42 Å². The summed E-state index contributed by atoms with van der Waals surface area (Å²) in [4.78, 5) is 11.6. The van der Waals surface area contributed by atoms with Crippen molar-refractivity contribution >= 4 is 5.91 Å². The van der Waals surface area contributed by atoms with Crippen LogP contribution in [-0.2, 0) is 0 Å². The average molecular weight is 224 g/mol. The van der Waals surface area contributed by atoms with Crippen LogP contribution in [-0.4, -0.2) is 36.3 Å². The number of hydrogen-bond donors (Lipinski definition) is 4. The van der Waals surface area contributed by atoms with Crippen molar-refractivity contribution in [2.24, 2.45) is 0 Å². The molecule has 1 aromatic carbocycles. The van der Waals surface area contributed by atoms with E-state index in [2.05, 4.69) is 10.6 Å². The Morgan fingerprint density at radius 1 is 1.25 bits per heavy atom. The van der Waals surface area contributed by atoms with Gasteiger partial charge in [0, 0.05) is 6.54 Å². The SMILES string of the molecule is CNCCCNC(=O)c1c(O)cccc1O. The molecule has 1 aromatic rings. The fraction of sp³-hybridized carbons (Fsp3) is 0.364. The molecular formula is C11H16N2O3. The van der Waals surface area contributed by atoms with Crippen molar-refractivity contribution in [1.82, 2.24) is 10.6 Å². The molecule has 5 heteroatoms. The predicted octanol–water partition coefficient (Wildman–Crippen LogP) is 0.437. The highest BCUT2D eigenvalue weighted by atomic mass is 16.3. The molecule has 0 bridgehead atoms. The number of phenolic OH excluding ortho intramolecular Hbond substituents is 2. The second-order valence-electron chi connectivity index (χ2n) is 3.38. The van der Waals surface area contributed by atoms with Crippen LogP contribution >= 0.6 is 0 Å². The summed E-state index contributed by atoms with van der Waals surface area (Å²) in [5, 5.41) is 24.4. The maximum Gasteiger partial charge on any atom is 0.258 e. The molecule has 0 aliphatic rings. The third-order valence-electron chi connectivity index (χ3n) is 2.14. The lowest BCUT2D eigenvalue weighted by atomic mass is 10.1. The lowest BCUT2D eigenvalue weighted by Gasteiger charge is -2.08. The molecule has 0 spiro atoms. The molecule has 5 nitrogen and oxygen atoms in total. The number of carbonyl (C=O) groups excluding carboxylic acids is 1. The van der Waals surface area contributed by atoms with Gasteiger partial charge in [-0.3, -0.25) is 4.79 Å². The first kappa shape index (κ1) is 12.3. The van der Waals surface area contributed by atoms with Gasteiger partial charge in [-0.25, -0.2) is 0 Å². The van der Waals surface area contributed by atoms with Gasteiger partial charge in [-0.15, -0.1) is 0 Å². The van der Waals surface area contributed by atoms with Crippen LogP contribution in [0.15, 0.2) is 18.2 Å². The Labute approximate surface area is 94.1 Å². The van der Waals surface area contributed by atoms with Gasteiger partial charge in [-0.1, -0.05) is 6.07 Å². The van der Waals surface area contributed by atoms with E-state index in [-0.39, 0.29) is 17.1 Å². The Morgan fingerprint density at radius 2 is 1.88 bits per heavy atom. The number of hydrogen-bond acceptors (Lipinski definition) is 4. The lowest BCUT2D eigenvalue weighted by Crippen LogP contribution is -2.26. The quantitative estimate of drug-likeness (QED) is 0.547. The van der Waals surface area contributed by atoms with E-state index in [1.807, 2.05) is 7.05 Å². The van der Waals surface area contributed by atoms with E-state index in [0.29, 0.717) is 6.54 Å². The summed E-state index contributed by atoms with van der Waals surface area (Å²) < 4.78 is 0. The molecule has 0 saturated carbocycles. The zero-order valence-corrected chi connectivity index (χ0v) is 9.16. The molecule has 0 unspecified atom stereocenters. The van der Waals surface area contributed by atoms with Crippen LogP contribution in [0.3, 0.4) is 0 Å². The van der Waals surface area contributed by atoms with Crippen LogP contribution in [0.5, 0.6) is 11.5 Å². The van der Waals surface area contributed by atoms with Gasteiger partial charge in [0.25, 0.3) is 5.91 Å². The van der Waals surface area contributed by atoms with Crippen LogP contribution in [0, 0.1) is 0 Å². The minimum atomic E-state index is -0.466. The predicted molar refractivity (Wildman–Crippen MR) is 60.6 cm³/mol. The Balaban J connectivity index is 2.59. The number of phenols is 2. The Kier molecular flexibility index (Phi) is 4.60. The Morgan fingerprint density at radius 3 is 2.44 bits per heavy atom. The largest absolute Gasteiger partial charge is 0.507 e. The molecule has 0 atom stereocenters. The van der Waals surface area contributed by atoms with Crippen molar-refractivity contribution in [3.63, 3.8) is 0 Å². The van der Waals surface area contributed by atoms with Gasteiger partial charge in [-0.2, -0.15) is 0 Å². The third-order valence-corrected chi connectivity index (χ3v) is 2.14. The normalized spacial score (nSPS) is 10.1. The van der Waals surface area contributed by atoms with E-state index in [0.717, 1.165) is 13.0 Å². The molecule has 0 fully saturated rings. The molecule has 88 valence electrons. The lowest BCUT2D eigenvalue weighted by molar-refractivity contribution is 0.0948. The zero-order chi connectivity index (χ0) is 12.0. The van der Waals surface area contributed by atoms with Crippen LogP contribution < -0.4 is 10.6 Å². The van der Waals surface area contributed by atoms with E-state index in [1.54, 1.807) is 0 Å². The van der Waals surface area contributed by atoms with E-state index in [9.17, 15) is 15.0 Å². The molecular weight excluding hydrogens is 208 g/mol. The van der Waals surface area contributed by atoms with Gasteiger partial charge in [0.2, 0.25) is 0 Å². The molecule has 0 aliphatic carbocycles. The topological polar surface area (TPSA) is 81.6 Å². The number of amides is 1. The average Bonchev–Trinajstić information content (AvgIpc) is 2.24. The number of carbonyl (C=O) groups is 1. The summed E-state index contributed by atoms with van der Waals surface area (Å²) in [6.45, 7) is 1.29. The minimum absolute atomic E-state index is 0.0769. The fourth-order valence-corrected chi connectivity index (χ4v) is 1.32. The third kappa shape index (κ3) is 3.13. The fourth-order valence-electron chi connectivity index (χ4n) is 1.32. The standard InChI is InChI=1S/C11H16N2O3/c1-12-6-3-7-13-11(16)10-8(14)4-2-5-9(10)15/h2,4-5,12,14-15H,3,6-7H2,1H3,(H,13,16). The van der Waals surface area contributed by atoms with Crippen molar-refractivity contribution in [3.8, 4) is 11.5 Å². The monoisotopic (exact) mass is 224 g/mol. The summed E-state index contributed by atoms with van der Waals surface area (Å²) in [6, 6.07) is 4.20. The summed E-state index contributed by atoms with van der Waals surface area (Å²) in [5.41, 5.74) is -0.0769. The zero-order valence-electron chi connectivity index (χ0n) is 9.16. The number of rotatable bonds is 5. The Hall–Kier alpha value is -1.75. The first-order chi connectivity index (χ1) is 7.66. The minimum Gasteiger partial charge on any atom is -0.507 e. The molecule has 0 aromatic heterocycles. The molecule has 0 aliphatic heterocycles. The van der Waals surface area contributed by atoms with E-state index < -0.39 is 5.91 Å². The van der Waals surface area contributed by atoms with E-state index in [1.165, 1.54) is 18.2 Å². The van der Waals surface area contributed by atoms with Gasteiger partial charge < -0.3 is 20.8 Å². The van der Waals surface area contributed by atoms with Crippen molar-refractivity contribution < 1.29 is 15.0 Å². The highest BCUT2D eigenvalue weighted by Gasteiger charge is 2.14. The van der Waals surface area contributed by atoms with Crippen molar-refractivity contribution in [2.75, 3.05) is 20.1 Å². The van der Waals surface area contributed by atoms with Gasteiger partial charge >= 0.3 is 0 Å². The van der Waals surface area contributed by atoms with E-state index in [4.69, 9.17) is 0 Å². The number of nitrogens with one attached hydrogen (secondary N) is 2. The summed E-state index contributed by atoms with van der Waals surface area (Å²) >= 11 is 0. The number of benzene rings is 1. The second-order valence-corrected chi connectivity index (χ2v) is 3.38. The molecule has 0 saturated heterocycles. The first-order valence-electron chi connectivity index (χ1n) is 5.10. The van der Waals surface area contributed by atoms with Gasteiger partial charge in [0.1, 0.15) is 17.1 Å². The summed E-state index contributed by atoms with van der Waals surface area (Å²) in [5.74, 6) is -0.899. The molecule has 1 amide bonds. The van der Waals surface area contributed by atoms with E-state index >= 15 is 0 Å². The van der Waals surface area contributed by atoms with Gasteiger partial charge in [0.05, 0.1) is 0 Å². The highest BCUT2D eigenvalue weighted by Crippen LogP contribution is 2.25. The van der Waals surface area contributed by atoms with Crippen molar-refractivity contribution in [1.29, 1.82) is 0 Å². The van der Waals surface area contributed by atoms with Gasteiger partial charge in [-0.05, 0) is 32.1 Å². The first-order valence-corrected chi connectivity index (χ1v) is 5.10. The molecule has 16 heavy (non-hydrogen) atoms. The van der Waals surface area contributed by atoms with Crippen LogP contribution in [0.1, 0.15) is 16.8 Å². The maximum atomic E-state index is 11.6. The molecule has 4 N–H and O–H groups in total. The summed E-state index contributed by atoms with van der Waals surface area (Å²) in [6.07, 6.45) is 0.788. The molecule has 1 rings (SSSR count). The number of aromatic hydroxyl groups is 2. The molecule has 0 radical (unpaired) electrons. The Bertz CT molecular complexity index is 346. The maximum absolute atomic E-state index is 11.6. The molecule has 0 heterocycles.